The largest absolute Gasteiger partial charge is 0.503 e. The standard InChI is InChI=1S/C12H18N2O4.C11H17N3O4.C11H16N2O4/c1-2-3-5-13-12(18)10-11(17)9(16)4-6-14(10)7-8-15;12-3-1-4-13-11(18)9-10(17)8(16)2-5-14(9)6-7-15;1-2-4-12-11(17)9-10(16)8(15)3-5-13(9)6-7-14/h4,6,15,17H,2-3,5,7-8H2,1H3,(H,13,18);2,5,15,17H,1,3-4,6-7,12H2,(H,13,18);3,5,14,16H,2,4,6-7H2,1H3,(H,12,17). The molecule has 0 saturated carbocycles. The Bertz CT molecular complexity index is 1720. The number of pyridine rings is 3. The van der Waals surface area contributed by atoms with E-state index in [1.807, 2.05) is 13.8 Å². The molecule has 3 rings (SSSR count). The van der Waals surface area contributed by atoms with Crippen LogP contribution in [0.15, 0.2) is 51.2 Å². The zero-order valence-electron chi connectivity index (χ0n) is 29.9. The lowest BCUT2D eigenvalue weighted by Gasteiger charge is -2.13. The van der Waals surface area contributed by atoms with Crippen molar-refractivity contribution in [3.8, 4) is 17.2 Å². The van der Waals surface area contributed by atoms with Crippen LogP contribution in [0, 0.1) is 0 Å². The van der Waals surface area contributed by atoms with Crippen LogP contribution in [-0.2, 0) is 19.6 Å². The van der Waals surface area contributed by atoms with Crippen LogP contribution in [0.2, 0.25) is 0 Å². The van der Waals surface area contributed by atoms with E-state index in [2.05, 4.69) is 16.0 Å². The third-order valence-electron chi connectivity index (χ3n) is 7.14. The molecule has 3 amide bonds. The van der Waals surface area contributed by atoms with Gasteiger partial charge in [0.1, 0.15) is 0 Å². The predicted octanol–water partition coefficient (Wildman–Crippen LogP) is -1.61. The van der Waals surface area contributed by atoms with Crippen LogP contribution in [0.5, 0.6) is 17.2 Å². The lowest BCUT2D eigenvalue weighted by atomic mass is 10.2. The highest BCUT2D eigenvalue weighted by molar-refractivity contribution is 5.96. The van der Waals surface area contributed by atoms with Crippen molar-refractivity contribution in [2.45, 2.75) is 59.2 Å². The summed E-state index contributed by atoms with van der Waals surface area (Å²) < 4.78 is 4.04. The van der Waals surface area contributed by atoms with Gasteiger partial charge in [-0.15, -0.1) is 0 Å². The molecular formula is C34H51N7O12. The lowest BCUT2D eigenvalue weighted by Crippen LogP contribution is -2.30. The van der Waals surface area contributed by atoms with Crippen molar-refractivity contribution in [1.82, 2.24) is 29.7 Å². The summed E-state index contributed by atoms with van der Waals surface area (Å²) in [4.78, 5) is 69.4. The molecule has 0 aliphatic rings. The van der Waals surface area contributed by atoms with Gasteiger partial charge in [0.15, 0.2) is 34.3 Å². The molecule has 19 nitrogen and oxygen atoms in total. The fourth-order valence-electron chi connectivity index (χ4n) is 4.46. The minimum absolute atomic E-state index is 0.104. The topological polar surface area (TPSA) is 301 Å². The Morgan fingerprint density at radius 2 is 0.887 bits per heavy atom. The van der Waals surface area contributed by atoms with E-state index in [9.17, 15) is 44.1 Å². The number of amides is 3. The van der Waals surface area contributed by atoms with Crippen molar-refractivity contribution in [2.24, 2.45) is 5.73 Å². The molecule has 0 spiro atoms. The van der Waals surface area contributed by atoms with E-state index in [1.54, 1.807) is 0 Å². The summed E-state index contributed by atoms with van der Waals surface area (Å²) in [6, 6.07) is 3.46. The first-order valence-electron chi connectivity index (χ1n) is 17.0. The average Bonchev–Trinajstić information content (AvgIpc) is 3.13. The molecule has 0 aromatic carbocycles. The normalized spacial score (nSPS) is 10.3. The molecular weight excluding hydrogens is 698 g/mol. The minimum atomic E-state index is -0.631. The van der Waals surface area contributed by atoms with E-state index in [0.29, 0.717) is 32.6 Å². The summed E-state index contributed by atoms with van der Waals surface area (Å²) in [5.41, 5.74) is 3.09. The number of nitrogens with two attached hydrogens (primary N) is 1. The molecule has 3 aromatic rings. The first-order valence-corrected chi connectivity index (χ1v) is 17.0. The quantitative estimate of drug-likeness (QED) is 0.0696. The Balaban J connectivity index is 0.000000398. The fraction of sp³-hybridized carbons (Fsp3) is 0.471. The second kappa shape index (κ2) is 24.6. The van der Waals surface area contributed by atoms with E-state index in [0.717, 1.165) is 37.5 Å². The van der Waals surface area contributed by atoms with Crippen LogP contribution in [0.1, 0.15) is 71.0 Å². The fourth-order valence-corrected chi connectivity index (χ4v) is 4.46. The van der Waals surface area contributed by atoms with Gasteiger partial charge in [-0.25, -0.2) is 0 Å². The number of carbonyl (C=O) groups is 3. The van der Waals surface area contributed by atoms with Gasteiger partial charge in [0.2, 0.25) is 16.3 Å². The van der Waals surface area contributed by atoms with Gasteiger partial charge in [-0.1, -0.05) is 20.3 Å². The van der Waals surface area contributed by atoms with Crippen molar-refractivity contribution in [3.63, 3.8) is 0 Å². The number of nitrogens with zero attached hydrogens (tertiary/aromatic N) is 3. The smallest absolute Gasteiger partial charge is 0.271 e. The SMILES string of the molecule is CCCCNC(=O)c1c(O)c(=O)ccn1CCO.CCCNC(=O)c1c(O)c(=O)ccn1CCO.NCCCNC(=O)c1c(O)c(=O)ccn1CCO. The van der Waals surface area contributed by atoms with E-state index < -0.39 is 51.3 Å². The number of aromatic nitrogens is 3. The second-order valence-electron chi connectivity index (χ2n) is 11.1. The molecule has 0 atom stereocenters. The van der Waals surface area contributed by atoms with E-state index in [4.69, 9.17) is 21.1 Å². The molecule has 0 unspecified atom stereocenters. The van der Waals surface area contributed by atoms with Crippen molar-refractivity contribution < 1.29 is 45.0 Å². The predicted molar refractivity (Wildman–Crippen MR) is 194 cm³/mol. The molecule has 0 aliphatic heterocycles. The number of unbranched alkanes of at least 4 members (excludes halogenated alkanes) is 1. The number of aromatic hydroxyl groups is 3. The maximum absolute atomic E-state index is 11.9. The molecule has 0 radical (unpaired) electrons. The monoisotopic (exact) mass is 749 g/mol. The van der Waals surface area contributed by atoms with Gasteiger partial charge in [-0.2, -0.15) is 0 Å². The molecule has 3 heterocycles. The van der Waals surface area contributed by atoms with Gasteiger partial charge in [-0.3, -0.25) is 28.8 Å². The average molecular weight is 750 g/mol. The van der Waals surface area contributed by atoms with E-state index in [-0.39, 0.29) is 56.5 Å². The third kappa shape index (κ3) is 14.2. The van der Waals surface area contributed by atoms with Crippen LogP contribution in [-0.4, -0.2) is 108 Å². The number of nitrogens with one attached hydrogen (secondary N) is 3. The molecule has 0 fully saturated rings. The van der Waals surface area contributed by atoms with Crippen molar-refractivity contribution >= 4 is 17.7 Å². The summed E-state index contributed by atoms with van der Waals surface area (Å²) in [5, 5.41) is 63.2. The molecule has 53 heavy (non-hydrogen) atoms. The summed E-state index contributed by atoms with van der Waals surface area (Å²) in [7, 11) is 0. The zero-order valence-corrected chi connectivity index (χ0v) is 29.9. The second-order valence-corrected chi connectivity index (χ2v) is 11.1. The number of rotatable bonds is 17. The lowest BCUT2D eigenvalue weighted by molar-refractivity contribution is 0.0929. The zero-order chi connectivity index (χ0) is 39.9. The van der Waals surface area contributed by atoms with E-state index >= 15 is 0 Å². The van der Waals surface area contributed by atoms with Crippen molar-refractivity contribution in [2.75, 3.05) is 46.0 Å². The van der Waals surface area contributed by atoms with Gasteiger partial charge in [0.25, 0.3) is 17.7 Å². The summed E-state index contributed by atoms with van der Waals surface area (Å²) >= 11 is 0. The maximum Gasteiger partial charge on any atom is 0.271 e. The van der Waals surface area contributed by atoms with Gasteiger partial charge in [0.05, 0.1) is 19.8 Å². The van der Waals surface area contributed by atoms with Crippen LogP contribution in [0.4, 0.5) is 0 Å². The Kier molecular flexibility index (Phi) is 21.2. The maximum atomic E-state index is 11.9. The van der Waals surface area contributed by atoms with Gasteiger partial charge in [-0.05, 0) is 25.8 Å². The number of aliphatic hydroxyl groups excluding tert-OH is 3. The molecule has 294 valence electrons. The first-order chi connectivity index (χ1) is 25.3. The Labute approximate surface area is 305 Å². The van der Waals surface area contributed by atoms with Crippen LogP contribution in [0.25, 0.3) is 0 Å². The Hall–Kier alpha value is -5.50. The third-order valence-corrected chi connectivity index (χ3v) is 7.14. The highest BCUT2D eigenvalue weighted by Crippen LogP contribution is 2.13. The van der Waals surface area contributed by atoms with Crippen LogP contribution >= 0.6 is 0 Å². The number of hydrogen-bond donors (Lipinski definition) is 10. The molecule has 3 aromatic heterocycles. The van der Waals surface area contributed by atoms with E-state index in [1.165, 1.54) is 32.3 Å². The molecule has 0 saturated heterocycles. The Morgan fingerprint density at radius 3 is 1.17 bits per heavy atom. The number of hydrogen-bond acceptors (Lipinski definition) is 13. The highest BCUT2D eigenvalue weighted by atomic mass is 16.3. The van der Waals surface area contributed by atoms with Gasteiger partial charge >= 0.3 is 0 Å². The number of carbonyl (C=O) groups excluding carboxylic acids is 3. The summed E-state index contributed by atoms with van der Waals surface area (Å²) in [6.07, 6.45) is 7.23. The molecule has 0 bridgehead atoms. The van der Waals surface area contributed by atoms with Crippen molar-refractivity contribution in [1.29, 1.82) is 0 Å². The molecule has 19 heteroatoms. The van der Waals surface area contributed by atoms with Crippen LogP contribution < -0.4 is 38.0 Å². The van der Waals surface area contributed by atoms with Gasteiger partial charge in [0, 0.05) is 76.1 Å². The first kappa shape index (κ1) is 45.5. The number of aliphatic hydroxyl groups is 3. The summed E-state index contributed by atoms with van der Waals surface area (Å²) in [6.45, 7) is 5.46. The van der Waals surface area contributed by atoms with Gasteiger partial charge < -0.3 is 66.0 Å². The highest BCUT2D eigenvalue weighted by Gasteiger charge is 2.19. The summed E-state index contributed by atoms with van der Waals surface area (Å²) in [5.74, 6) is -3.37. The minimum Gasteiger partial charge on any atom is -0.503 e. The van der Waals surface area contributed by atoms with Crippen LogP contribution in [0.3, 0.4) is 0 Å². The molecule has 0 aliphatic carbocycles. The van der Waals surface area contributed by atoms with Crippen molar-refractivity contribution in [3.05, 3.63) is 84.5 Å². The Morgan fingerprint density at radius 1 is 0.566 bits per heavy atom. The molecule has 11 N–H and O–H groups in total.